The number of hydrogen-bond donors (Lipinski definition) is 4. The third kappa shape index (κ3) is 13.0. The Morgan fingerprint density at radius 2 is 1.35 bits per heavy atom. The molecule has 4 N–H and O–H groups in total. The smallest absolute Gasteiger partial charge is 0.471 e. The first-order valence-electron chi connectivity index (χ1n) is 20.7. The van der Waals surface area contributed by atoms with Crippen molar-refractivity contribution >= 4 is 23.3 Å². The van der Waals surface area contributed by atoms with E-state index in [0.29, 0.717) is 11.5 Å². The molecule has 0 radical (unpaired) electrons. The number of amides is 2. The third-order valence-electron chi connectivity index (χ3n) is 9.92. The van der Waals surface area contributed by atoms with E-state index in [9.17, 15) is 32.7 Å². The second-order valence-electron chi connectivity index (χ2n) is 14.4. The summed E-state index contributed by atoms with van der Waals surface area (Å²) in [5, 5.41) is 18.3. The molecule has 6 rings (SSSR count). The average molecular weight is 922 g/mol. The molecule has 0 bridgehead atoms. The number of carbonyl (C=O) groups excluding carboxylic acids is 2. The van der Waals surface area contributed by atoms with Crippen LogP contribution in [0.4, 0.5) is 24.7 Å². The highest BCUT2D eigenvalue weighted by Gasteiger charge is 2.39. The van der Waals surface area contributed by atoms with Gasteiger partial charge in [0.05, 0.1) is 73.2 Å². The van der Waals surface area contributed by atoms with Gasteiger partial charge in [-0.1, -0.05) is 60.7 Å². The van der Waals surface area contributed by atoms with Gasteiger partial charge >= 0.3 is 17.8 Å². The molecule has 1 atom stereocenters. The van der Waals surface area contributed by atoms with Crippen LogP contribution in [0.2, 0.25) is 0 Å². The van der Waals surface area contributed by atoms with Crippen LogP contribution in [0.25, 0.3) is 0 Å². The van der Waals surface area contributed by atoms with E-state index < -0.39 is 41.9 Å². The topological polar surface area (TPSA) is 199 Å². The quantitative estimate of drug-likeness (QED) is 0.0455. The van der Waals surface area contributed by atoms with E-state index in [-0.39, 0.29) is 94.7 Å². The number of aromatic nitrogens is 2. The summed E-state index contributed by atoms with van der Waals surface area (Å²) in [6, 6.07) is 29.7. The van der Waals surface area contributed by atoms with Gasteiger partial charge in [-0.05, 0) is 53.1 Å². The molecule has 1 unspecified atom stereocenters. The van der Waals surface area contributed by atoms with Gasteiger partial charge in [0.25, 0.3) is 0 Å². The van der Waals surface area contributed by atoms with Crippen molar-refractivity contribution in [3.8, 4) is 28.7 Å². The molecule has 0 saturated carbocycles. The van der Waals surface area contributed by atoms with Gasteiger partial charge in [0.15, 0.2) is 17.3 Å². The lowest BCUT2D eigenvalue weighted by Crippen LogP contribution is -2.38. The Hall–Kier alpha value is -6.71. The van der Waals surface area contributed by atoms with Gasteiger partial charge in [0, 0.05) is 6.54 Å². The molecule has 1 aliphatic heterocycles. The van der Waals surface area contributed by atoms with Crippen LogP contribution < -0.4 is 40.6 Å². The third-order valence-corrected chi connectivity index (χ3v) is 9.92. The normalized spacial score (nSPS) is 12.5. The first-order chi connectivity index (χ1) is 31.9. The van der Waals surface area contributed by atoms with Crippen molar-refractivity contribution in [2.45, 2.75) is 24.4 Å². The lowest BCUT2D eigenvalue weighted by molar-refractivity contribution is -0.173. The number of nitrogens with zero attached hydrogens (tertiary/aromatic N) is 2. The minimum Gasteiger partial charge on any atom is -0.497 e. The second kappa shape index (κ2) is 23.5. The fourth-order valence-corrected chi connectivity index (χ4v) is 6.73. The number of aliphatic hydroxyl groups is 1. The van der Waals surface area contributed by atoms with E-state index in [4.69, 9.17) is 37.9 Å². The van der Waals surface area contributed by atoms with Crippen molar-refractivity contribution in [2.24, 2.45) is 0 Å². The van der Waals surface area contributed by atoms with E-state index in [2.05, 4.69) is 15.6 Å². The number of carbonyl (C=O) groups is 2. The predicted octanol–water partition coefficient (Wildman–Crippen LogP) is 4.70. The lowest BCUT2D eigenvalue weighted by Gasteiger charge is -2.36. The average Bonchev–Trinajstić information content (AvgIpc) is 3.32. The van der Waals surface area contributed by atoms with E-state index in [1.54, 1.807) is 31.7 Å². The summed E-state index contributed by atoms with van der Waals surface area (Å²) in [6.07, 6.45) is -4.65. The number of hydrogen-bond acceptors (Lipinski definition) is 14. The van der Waals surface area contributed by atoms with E-state index in [1.807, 2.05) is 78.9 Å². The van der Waals surface area contributed by atoms with E-state index in [1.165, 1.54) is 12.3 Å². The van der Waals surface area contributed by atoms with Crippen molar-refractivity contribution < 1.29 is 65.8 Å². The van der Waals surface area contributed by atoms with Crippen LogP contribution in [0.3, 0.4) is 0 Å². The summed E-state index contributed by atoms with van der Waals surface area (Å²) >= 11 is 0. The Labute approximate surface area is 377 Å². The Bertz CT molecular complexity index is 2360. The molecule has 17 nitrogen and oxygen atoms in total. The monoisotopic (exact) mass is 921 g/mol. The minimum atomic E-state index is -5.01. The lowest BCUT2D eigenvalue weighted by atomic mass is 9.80. The van der Waals surface area contributed by atoms with Crippen LogP contribution in [0, 0.1) is 0 Å². The second-order valence-corrected chi connectivity index (χ2v) is 14.4. The SMILES string of the molecule is COc1ccc(C(OCC(O)COCCOCCOCCNC(=O)Cn2cc3c(nc2=O)Nc2c(OCCNC(=O)C(F)(F)F)cccc2O3)(c2ccccc2)c2ccc(OC)cc2)cc1. The Balaban J connectivity index is 0.872. The molecule has 1 aliphatic rings. The van der Waals surface area contributed by atoms with Crippen LogP contribution in [0.15, 0.2) is 108 Å². The number of anilines is 2. The zero-order valence-electron chi connectivity index (χ0n) is 36.1. The molecular formula is C46H50F3N5O12. The summed E-state index contributed by atoms with van der Waals surface area (Å²) in [7, 11) is 3.21. The van der Waals surface area contributed by atoms with Gasteiger partial charge in [-0.2, -0.15) is 18.2 Å². The standard InChI is InChI=1S/C46H50F3N5O12/c1-59-35-15-11-32(12-16-35)45(31-7-4-3-5-8-31,33-13-17-36(60-2)18-14-33)65-30-34(55)29-63-26-25-62-24-23-61-21-19-50-40(56)28-54-27-39-42(53-44(54)58)52-41-37(9-6-10-38(41)66-39)64-22-20-51-43(57)46(47,48)49/h3-18,27,34,55H,19-26,28-30H2,1-2H3,(H,50,56)(H,51,57)(H,52,53,58). The fourth-order valence-electron chi connectivity index (χ4n) is 6.73. The molecule has 2 amide bonds. The summed E-state index contributed by atoms with van der Waals surface area (Å²) in [6.45, 7) is 0.201. The van der Waals surface area contributed by atoms with E-state index >= 15 is 0 Å². The van der Waals surface area contributed by atoms with Crippen molar-refractivity contribution in [1.29, 1.82) is 0 Å². The van der Waals surface area contributed by atoms with Gasteiger partial charge in [0.2, 0.25) is 5.91 Å². The summed E-state index contributed by atoms with van der Waals surface area (Å²) < 4.78 is 84.1. The molecule has 5 aromatic rings. The Kier molecular flexibility index (Phi) is 17.3. The van der Waals surface area contributed by atoms with E-state index in [0.717, 1.165) is 21.3 Å². The number of nitrogens with one attached hydrogen (secondary N) is 3. The number of alkyl halides is 3. The molecule has 66 heavy (non-hydrogen) atoms. The van der Waals surface area contributed by atoms with Crippen LogP contribution in [-0.2, 0) is 40.7 Å². The highest BCUT2D eigenvalue weighted by molar-refractivity contribution is 5.81. The molecular weight excluding hydrogens is 872 g/mol. The van der Waals surface area contributed by atoms with Gasteiger partial charge < -0.3 is 59.0 Å². The van der Waals surface area contributed by atoms with Crippen molar-refractivity contribution in [2.75, 3.05) is 85.5 Å². The number of halogens is 3. The molecule has 1 aromatic heterocycles. The number of para-hydroxylation sites is 1. The predicted molar refractivity (Wildman–Crippen MR) is 233 cm³/mol. The maximum Gasteiger partial charge on any atom is 0.471 e. The summed E-state index contributed by atoms with van der Waals surface area (Å²) in [5.41, 5.74) is 0.967. The van der Waals surface area contributed by atoms with Crippen LogP contribution in [0.1, 0.15) is 16.7 Å². The molecule has 2 heterocycles. The molecule has 0 fully saturated rings. The minimum absolute atomic E-state index is 0.00260. The van der Waals surface area contributed by atoms with Crippen LogP contribution >= 0.6 is 0 Å². The van der Waals surface area contributed by atoms with Crippen molar-refractivity contribution in [3.63, 3.8) is 0 Å². The van der Waals surface area contributed by atoms with Gasteiger partial charge in [-0.25, -0.2) is 4.79 Å². The zero-order valence-corrected chi connectivity index (χ0v) is 36.1. The van der Waals surface area contributed by atoms with Gasteiger partial charge in [-0.15, -0.1) is 0 Å². The number of aliphatic hydroxyl groups excluding tert-OH is 1. The number of ether oxygens (including phenoxy) is 8. The number of rotatable bonds is 25. The summed E-state index contributed by atoms with van der Waals surface area (Å²) in [5.74, 6) is -0.553. The first-order valence-corrected chi connectivity index (χ1v) is 20.7. The Morgan fingerprint density at radius 3 is 1.98 bits per heavy atom. The summed E-state index contributed by atoms with van der Waals surface area (Å²) in [4.78, 5) is 40.3. The number of benzene rings is 4. The highest BCUT2D eigenvalue weighted by atomic mass is 19.4. The van der Waals surface area contributed by atoms with Crippen molar-refractivity contribution in [1.82, 2.24) is 20.2 Å². The number of methoxy groups -OCH3 is 2. The fraction of sp³-hybridized carbons (Fsp3) is 0.348. The van der Waals surface area contributed by atoms with Gasteiger partial charge in [-0.3, -0.25) is 14.2 Å². The molecule has 0 aliphatic carbocycles. The maximum absolute atomic E-state index is 12.7. The largest absolute Gasteiger partial charge is 0.497 e. The molecule has 0 saturated heterocycles. The van der Waals surface area contributed by atoms with Crippen molar-refractivity contribution in [3.05, 3.63) is 130 Å². The van der Waals surface area contributed by atoms with Crippen LogP contribution in [0.5, 0.6) is 28.7 Å². The molecule has 20 heteroatoms. The molecule has 0 spiro atoms. The molecule has 4 aromatic carbocycles. The van der Waals surface area contributed by atoms with Crippen LogP contribution in [-0.4, -0.2) is 119 Å². The number of fused-ring (bicyclic) bond motifs is 2. The van der Waals surface area contributed by atoms with Gasteiger partial charge in [0.1, 0.15) is 47.8 Å². The molecule has 352 valence electrons. The first kappa shape index (κ1) is 48.7. The maximum atomic E-state index is 12.7. The highest BCUT2D eigenvalue weighted by Crippen LogP contribution is 2.45. The zero-order chi connectivity index (χ0) is 46.9. The Morgan fingerprint density at radius 1 is 0.742 bits per heavy atom.